The molecule has 12 aromatic rings. The van der Waals surface area contributed by atoms with E-state index in [4.69, 9.17) is 4.42 Å². The van der Waals surface area contributed by atoms with Crippen LogP contribution in [0.4, 0.5) is 17.1 Å². The maximum Gasteiger partial charge on any atom is 0.137 e. The Balaban J connectivity index is 1.11. The van der Waals surface area contributed by atoms with Gasteiger partial charge in [0.2, 0.25) is 0 Å². The van der Waals surface area contributed by atoms with Gasteiger partial charge in [0.25, 0.3) is 0 Å². The lowest BCUT2D eigenvalue weighted by Crippen LogP contribution is -2.10. The SMILES string of the molecule is c1ccc2c(c1)cc(-c1ccc(N(c3ccc4c(c3)sc3ccccc34)c3cccc4oc5ccc6c7ccccc7sc6c5c34)cc1)c1ccccc12. The molecule has 0 saturated carbocycles. The zero-order valence-corrected chi connectivity index (χ0v) is 30.5. The highest BCUT2D eigenvalue weighted by Gasteiger charge is 2.23. The topological polar surface area (TPSA) is 16.4 Å². The number of hydrogen-bond acceptors (Lipinski definition) is 4. The molecule has 0 spiro atoms. The summed E-state index contributed by atoms with van der Waals surface area (Å²) < 4.78 is 11.8. The summed E-state index contributed by atoms with van der Waals surface area (Å²) in [5, 5.41) is 12.5. The van der Waals surface area contributed by atoms with Gasteiger partial charge in [0.15, 0.2) is 0 Å². The summed E-state index contributed by atoms with van der Waals surface area (Å²) in [6.45, 7) is 0. The largest absolute Gasteiger partial charge is 0.456 e. The van der Waals surface area contributed by atoms with Gasteiger partial charge in [-0.3, -0.25) is 0 Å². The van der Waals surface area contributed by atoms with Crippen LogP contribution in [-0.2, 0) is 0 Å². The van der Waals surface area contributed by atoms with Crippen molar-refractivity contribution in [2.24, 2.45) is 0 Å². The van der Waals surface area contributed by atoms with Crippen molar-refractivity contribution in [3.63, 3.8) is 0 Å². The Morgan fingerprint density at radius 3 is 1.85 bits per heavy atom. The van der Waals surface area contributed by atoms with Crippen molar-refractivity contribution >= 4 is 124 Å². The highest BCUT2D eigenvalue weighted by molar-refractivity contribution is 7.27. The van der Waals surface area contributed by atoms with Gasteiger partial charge in [-0.05, 0) is 99.4 Å². The number of furan rings is 1. The van der Waals surface area contributed by atoms with Crippen LogP contribution in [0.3, 0.4) is 0 Å². The van der Waals surface area contributed by atoms with Crippen LogP contribution < -0.4 is 4.90 Å². The van der Waals surface area contributed by atoms with Gasteiger partial charge in [0.1, 0.15) is 11.2 Å². The Kier molecular flexibility index (Phi) is 6.41. The number of fused-ring (bicyclic) bond motifs is 13. The molecule has 2 nitrogen and oxygen atoms in total. The fraction of sp³-hybridized carbons (Fsp3) is 0. The van der Waals surface area contributed by atoms with E-state index in [0.717, 1.165) is 33.6 Å². The van der Waals surface area contributed by atoms with Gasteiger partial charge in [-0.2, -0.15) is 0 Å². The fourth-order valence-corrected chi connectivity index (χ4v) is 11.0. The van der Waals surface area contributed by atoms with Crippen molar-refractivity contribution in [2.45, 2.75) is 0 Å². The molecule has 0 unspecified atom stereocenters. The molecule has 9 aromatic carbocycles. The molecule has 0 atom stereocenters. The summed E-state index contributed by atoms with van der Waals surface area (Å²) in [4.78, 5) is 2.43. The summed E-state index contributed by atoms with van der Waals surface area (Å²) >= 11 is 3.71. The monoisotopic (exact) mass is 723 g/mol. The van der Waals surface area contributed by atoms with E-state index in [9.17, 15) is 0 Å². The lowest BCUT2D eigenvalue weighted by molar-refractivity contribution is 0.669. The molecule has 0 bridgehead atoms. The van der Waals surface area contributed by atoms with E-state index < -0.39 is 0 Å². The van der Waals surface area contributed by atoms with Crippen LogP contribution in [-0.4, -0.2) is 0 Å². The average Bonchev–Trinajstić information content (AvgIpc) is 3.92. The van der Waals surface area contributed by atoms with Crippen molar-refractivity contribution in [3.8, 4) is 11.1 Å². The minimum absolute atomic E-state index is 0.889. The third kappa shape index (κ3) is 4.38. The molecule has 0 radical (unpaired) electrons. The highest BCUT2D eigenvalue weighted by atomic mass is 32.1. The summed E-state index contributed by atoms with van der Waals surface area (Å²) in [6, 6.07) is 64.2. The Bertz CT molecular complexity index is 3460. The van der Waals surface area contributed by atoms with E-state index in [-0.39, 0.29) is 0 Å². The molecule has 4 heteroatoms. The Hall–Kier alpha value is -6.46. The smallest absolute Gasteiger partial charge is 0.137 e. The third-order valence-corrected chi connectivity index (χ3v) is 13.4. The van der Waals surface area contributed by atoms with Crippen LogP contribution >= 0.6 is 22.7 Å². The van der Waals surface area contributed by atoms with E-state index in [1.165, 1.54) is 78.4 Å². The molecule has 0 aliphatic rings. The predicted molar refractivity (Wildman–Crippen MR) is 235 cm³/mol. The molecule has 0 saturated heterocycles. The maximum absolute atomic E-state index is 6.66. The normalized spacial score (nSPS) is 12.1. The molecule has 0 amide bonds. The van der Waals surface area contributed by atoms with E-state index in [2.05, 4.69) is 181 Å². The number of thiophene rings is 2. The van der Waals surface area contributed by atoms with Gasteiger partial charge in [0.05, 0.1) is 11.1 Å². The minimum Gasteiger partial charge on any atom is -0.456 e. The number of rotatable bonds is 4. The van der Waals surface area contributed by atoms with E-state index >= 15 is 0 Å². The van der Waals surface area contributed by atoms with Crippen LogP contribution in [0, 0.1) is 0 Å². The van der Waals surface area contributed by atoms with Gasteiger partial charge in [-0.25, -0.2) is 0 Å². The van der Waals surface area contributed by atoms with E-state index in [0.29, 0.717) is 0 Å². The lowest BCUT2D eigenvalue weighted by atomic mass is 9.93. The van der Waals surface area contributed by atoms with Crippen molar-refractivity contribution in [1.29, 1.82) is 0 Å². The van der Waals surface area contributed by atoms with Crippen LogP contribution in [0.15, 0.2) is 180 Å². The molecule has 0 aliphatic heterocycles. The van der Waals surface area contributed by atoms with Crippen LogP contribution in [0.1, 0.15) is 0 Å². The van der Waals surface area contributed by atoms with E-state index in [1.54, 1.807) is 0 Å². The average molecular weight is 724 g/mol. The van der Waals surface area contributed by atoms with Crippen LogP contribution in [0.2, 0.25) is 0 Å². The Morgan fingerprint density at radius 2 is 1.02 bits per heavy atom. The quantitative estimate of drug-likeness (QED) is 0.168. The molecule has 3 heterocycles. The molecule has 0 fully saturated rings. The standard InChI is InChI=1S/C50H29NOS2/c1-2-11-34-31(10-1)28-41(36-13-4-3-12-35(34)36)30-20-22-32(23-21-30)51(33-24-25-39-37-14-5-7-18-45(37)53-47(39)29-33)42-16-9-17-43-48(42)49-44(52-43)27-26-40-38-15-6-8-19-46(38)54-50(40)49/h1-29H. The first-order chi connectivity index (χ1) is 26.8. The van der Waals surface area contributed by atoms with Gasteiger partial charge >= 0.3 is 0 Å². The first kappa shape index (κ1) is 30.0. The van der Waals surface area contributed by atoms with Crippen molar-refractivity contribution in [2.75, 3.05) is 4.90 Å². The van der Waals surface area contributed by atoms with Gasteiger partial charge in [-0.1, -0.05) is 109 Å². The van der Waals surface area contributed by atoms with Crippen LogP contribution in [0.25, 0.3) is 95.0 Å². The third-order valence-electron chi connectivity index (χ3n) is 11.0. The predicted octanol–water partition coefficient (Wildman–Crippen LogP) is 15.8. The number of nitrogens with zero attached hydrogens (tertiary/aromatic N) is 1. The Labute approximate surface area is 318 Å². The first-order valence-corrected chi connectivity index (χ1v) is 19.9. The second kappa shape index (κ2) is 11.5. The van der Waals surface area contributed by atoms with Crippen molar-refractivity contribution in [3.05, 3.63) is 176 Å². The molecule has 0 N–H and O–H groups in total. The second-order valence-corrected chi connectivity index (χ2v) is 16.2. The summed E-state index contributed by atoms with van der Waals surface area (Å²) in [5.41, 5.74) is 7.54. The molecular formula is C50H29NOS2. The molecule has 252 valence electrons. The van der Waals surface area contributed by atoms with Gasteiger partial charge < -0.3 is 9.32 Å². The molecule has 54 heavy (non-hydrogen) atoms. The van der Waals surface area contributed by atoms with Gasteiger partial charge in [0, 0.05) is 57.1 Å². The van der Waals surface area contributed by atoms with Gasteiger partial charge in [-0.15, -0.1) is 22.7 Å². The summed E-state index contributed by atoms with van der Waals surface area (Å²) in [6.07, 6.45) is 0. The molecule has 12 rings (SSSR count). The van der Waals surface area contributed by atoms with Crippen LogP contribution in [0.5, 0.6) is 0 Å². The number of anilines is 3. The first-order valence-electron chi connectivity index (χ1n) is 18.2. The molecule has 3 aromatic heterocycles. The van der Waals surface area contributed by atoms with Crippen molar-refractivity contribution in [1.82, 2.24) is 0 Å². The minimum atomic E-state index is 0.889. The zero-order chi connectivity index (χ0) is 35.3. The maximum atomic E-state index is 6.66. The van der Waals surface area contributed by atoms with E-state index in [1.807, 2.05) is 22.7 Å². The van der Waals surface area contributed by atoms with Crippen molar-refractivity contribution < 1.29 is 4.42 Å². The molecule has 0 aliphatic carbocycles. The zero-order valence-electron chi connectivity index (χ0n) is 28.9. The Morgan fingerprint density at radius 1 is 0.389 bits per heavy atom. The molecular weight excluding hydrogens is 695 g/mol. The summed E-state index contributed by atoms with van der Waals surface area (Å²) in [5.74, 6) is 0. The highest BCUT2D eigenvalue weighted by Crippen LogP contribution is 2.49. The fourth-order valence-electron chi connectivity index (χ4n) is 8.62. The second-order valence-electron chi connectivity index (χ2n) is 14.0. The lowest BCUT2D eigenvalue weighted by Gasteiger charge is -2.26. The number of benzene rings is 9. The number of hydrogen-bond donors (Lipinski definition) is 0. The summed E-state index contributed by atoms with van der Waals surface area (Å²) in [7, 11) is 0.